The van der Waals surface area contributed by atoms with Gasteiger partial charge in [-0.1, -0.05) is 33.6 Å². The quantitative estimate of drug-likeness (QED) is 0.818. The van der Waals surface area contributed by atoms with Gasteiger partial charge in [0.15, 0.2) is 0 Å². The van der Waals surface area contributed by atoms with Crippen molar-refractivity contribution >= 4 is 39.5 Å². The highest BCUT2D eigenvalue weighted by molar-refractivity contribution is 9.10. The van der Waals surface area contributed by atoms with Crippen molar-refractivity contribution in [2.45, 2.75) is 20.4 Å². The molecule has 4 nitrogen and oxygen atoms in total. The molecule has 0 unspecified atom stereocenters. The lowest BCUT2D eigenvalue weighted by atomic mass is 10.2. The molecule has 6 heteroatoms. The normalized spacial score (nSPS) is 11.1. The monoisotopic (exact) mass is 381 g/mol. The Morgan fingerprint density at radius 1 is 1.45 bits per heavy atom. The molecule has 1 amide bonds. The van der Waals surface area contributed by atoms with Gasteiger partial charge < -0.3 is 5.32 Å². The number of halogens is 2. The molecule has 0 aliphatic heterocycles. The van der Waals surface area contributed by atoms with Crippen molar-refractivity contribution in [3.8, 4) is 0 Å². The molecule has 2 aromatic rings. The highest BCUT2D eigenvalue weighted by atomic mass is 79.9. The van der Waals surface area contributed by atoms with E-state index in [1.807, 2.05) is 33.0 Å². The molecule has 0 bridgehead atoms. The number of hydrogen-bond donors (Lipinski definition) is 1. The predicted molar refractivity (Wildman–Crippen MR) is 92.7 cm³/mol. The second-order valence-corrected chi connectivity index (χ2v) is 6.32. The van der Waals surface area contributed by atoms with E-state index in [0.717, 1.165) is 27.0 Å². The van der Waals surface area contributed by atoms with Gasteiger partial charge in [-0.15, -0.1) is 0 Å². The third kappa shape index (κ3) is 3.99. The van der Waals surface area contributed by atoms with Gasteiger partial charge in [-0.05, 0) is 37.6 Å². The van der Waals surface area contributed by atoms with Crippen LogP contribution in [-0.4, -0.2) is 15.7 Å². The predicted octanol–water partition coefficient (Wildman–Crippen LogP) is 3.78. The van der Waals surface area contributed by atoms with E-state index in [1.165, 1.54) is 6.08 Å². The number of carbonyl (C=O) groups is 1. The number of benzene rings is 1. The fourth-order valence-corrected chi connectivity index (χ4v) is 2.84. The molecule has 2 rings (SSSR count). The van der Waals surface area contributed by atoms with Crippen molar-refractivity contribution in [3.63, 3.8) is 0 Å². The topological polar surface area (TPSA) is 46.9 Å². The summed E-state index contributed by atoms with van der Waals surface area (Å²) in [6, 6.07) is 5.58. The third-order valence-corrected chi connectivity index (χ3v) is 4.28. The van der Waals surface area contributed by atoms with E-state index >= 15 is 0 Å². The summed E-state index contributed by atoms with van der Waals surface area (Å²) < 4.78 is 2.71. The van der Waals surface area contributed by atoms with Gasteiger partial charge in [-0.25, -0.2) is 0 Å². The van der Waals surface area contributed by atoms with E-state index in [1.54, 1.807) is 16.8 Å². The second-order valence-electron chi connectivity index (χ2n) is 4.99. The SMILES string of the molecule is Cc1nn(C)c(C)c1/C=C/C(=O)NCc1ccc(Br)cc1Cl. The Morgan fingerprint density at radius 2 is 2.18 bits per heavy atom. The Morgan fingerprint density at radius 3 is 2.77 bits per heavy atom. The number of rotatable bonds is 4. The standard InChI is InChI=1S/C16H17BrClN3O/c1-10-14(11(2)21(3)20-10)6-7-16(22)19-9-12-4-5-13(17)8-15(12)18/h4-8H,9H2,1-3H3,(H,19,22)/b7-6+. The minimum Gasteiger partial charge on any atom is -0.348 e. The van der Waals surface area contributed by atoms with Crippen LogP contribution in [0.5, 0.6) is 0 Å². The van der Waals surface area contributed by atoms with E-state index in [2.05, 4.69) is 26.3 Å². The lowest BCUT2D eigenvalue weighted by Crippen LogP contribution is -2.20. The summed E-state index contributed by atoms with van der Waals surface area (Å²) in [6.45, 7) is 4.28. The third-order valence-electron chi connectivity index (χ3n) is 3.43. The zero-order valence-electron chi connectivity index (χ0n) is 12.7. The zero-order chi connectivity index (χ0) is 16.3. The van der Waals surface area contributed by atoms with Crippen molar-refractivity contribution in [2.24, 2.45) is 7.05 Å². The number of aryl methyl sites for hydroxylation is 2. The summed E-state index contributed by atoms with van der Waals surface area (Å²) >= 11 is 9.47. The maximum absolute atomic E-state index is 11.9. The lowest BCUT2D eigenvalue weighted by molar-refractivity contribution is -0.116. The Bertz CT molecular complexity index is 737. The van der Waals surface area contributed by atoms with Gasteiger partial charge in [-0.3, -0.25) is 9.48 Å². The van der Waals surface area contributed by atoms with Crippen molar-refractivity contribution in [3.05, 3.63) is 56.3 Å². The van der Waals surface area contributed by atoms with Crippen molar-refractivity contribution in [1.29, 1.82) is 0 Å². The summed E-state index contributed by atoms with van der Waals surface area (Å²) in [5.74, 6) is -0.165. The van der Waals surface area contributed by atoms with Crippen LogP contribution in [0.25, 0.3) is 6.08 Å². The Hall–Kier alpha value is -1.59. The Labute approximate surface area is 143 Å². The van der Waals surface area contributed by atoms with Crippen LogP contribution in [0.4, 0.5) is 0 Å². The number of carbonyl (C=O) groups excluding carboxylic acids is 1. The lowest BCUT2D eigenvalue weighted by Gasteiger charge is -2.05. The average Bonchev–Trinajstić information content (AvgIpc) is 2.69. The summed E-state index contributed by atoms with van der Waals surface area (Å²) in [5.41, 5.74) is 3.78. The van der Waals surface area contributed by atoms with E-state index in [0.29, 0.717) is 11.6 Å². The number of amides is 1. The zero-order valence-corrected chi connectivity index (χ0v) is 15.0. The summed E-state index contributed by atoms with van der Waals surface area (Å²) in [7, 11) is 1.88. The van der Waals surface area contributed by atoms with Crippen LogP contribution >= 0.6 is 27.5 Å². The van der Waals surface area contributed by atoms with E-state index in [9.17, 15) is 4.79 Å². The molecule has 22 heavy (non-hydrogen) atoms. The number of hydrogen-bond acceptors (Lipinski definition) is 2. The first-order valence-electron chi connectivity index (χ1n) is 6.78. The maximum atomic E-state index is 11.9. The van der Waals surface area contributed by atoms with E-state index in [-0.39, 0.29) is 5.91 Å². The number of nitrogens with zero attached hydrogens (tertiary/aromatic N) is 2. The molecular weight excluding hydrogens is 366 g/mol. The van der Waals surface area contributed by atoms with Gasteiger partial charge in [0.05, 0.1) is 5.69 Å². The summed E-state index contributed by atoms with van der Waals surface area (Å²) in [4.78, 5) is 11.9. The van der Waals surface area contributed by atoms with Gasteiger partial charge in [0.2, 0.25) is 5.91 Å². The first-order chi connectivity index (χ1) is 10.4. The summed E-state index contributed by atoms with van der Waals surface area (Å²) in [6.07, 6.45) is 3.31. The average molecular weight is 383 g/mol. The molecule has 1 heterocycles. The van der Waals surface area contributed by atoms with Crippen molar-refractivity contribution in [2.75, 3.05) is 0 Å². The fraction of sp³-hybridized carbons (Fsp3) is 0.250. The summed E-state index contributed by atoms with van der Waals surface area (Å²) in [5, 5.41) is 7.76. The van der Waals surface area contributed by atoms with Gasteiger partial charge in [0.25, 0.3) is 0 Å². The van der Waals surface area contributed by atoms with Crippen LogP contribution in [0, 0.1) is 13.8 Å². The smallest absolute Gasteiger partial charge is 0.244 e. The van der Waals surface area contributed by atoms with Crippen LogP contribution < -0.4 is 5.32 Å². The molecule has 0 spiro atoms. The molecular formula is C16H17BrClN3O. The van der Waals surface area contributed by atoms with Gasteiger partial charge in [-0.2, -0.15) is 5.10 Å². The minimum absolute atomic E-state index is 0.165. The van der Waals surface area contributed by atoms with Crippen LogP contribution in [0.15, 0.2) is 28.7 Å². The van der Waals surface area contributed by atoms with E-state index < -0.39 is 0 Å². The highest BCUT2D eigenvalue weighted by Gasteiger charge is 2.07. The van der Waals surface area contributed by atoms with Crippen LogP contribution in [-0.2, 0) is 18.4 Å². The molecule has 0 atom stereocenters. The van der Waals surface area contributed by atoms with Gasteiger partial charge >= 0.3 is 0 Å². The van der Waals surface area contributed by atoms with Crippen LogP contribution in [0.1, 0.15) is 22.5 Å². The molecule has 116 valence electrons. The highest BCUT2D eigenvalue weighted by Crippen LogP contribution is 2.21. The first kappa shape index (κ1) is 16.8. The molecule has 0 fully saturated rings. The molecule has 1 aromatic heterocycles. The minimum atomic E-state index is -0.165. The molecule has 1 aromatic carbocycles. The Kier molecular flexibility index (Phi) is 5.42. The van der Waals surface area contributed by atoms with Crippen LogP contribution in [0.3, 0.4) is 0 Å². The molecule has 0 saturated carbocycles. The molecule has 0 radical (unpaired) electrons. The largest absolute Gasteiger partial charge is 0.348 e. The van der Waals surface area contributed by atoms with Crippen LogP contribution in [0.2, 0.25) is 5.02 Å². The first-order valence-corrected chi connectivity index (χ1v) is 7.95. The number of nitrogens with one attached hydrogen (secondary N) is 1. The number of aromatic nitrogens is 2. The van der Waals surface area contributed by atoms with E-state index in [4.69, 9.17) is 11.6 Å². The molecule has 0 aliphatic carbocycles. The fourth-order valence-electron chi connectivity index (χ4n) is 2.10. The molecule has 1 N–H and O–H groups in total. The maximum Gasteiger partial charge on any atom is 0.244 e. The van der Waals surface area contributed by atoms with Crippen molar-refractivity contribution < 1.29 is 4.79 Å². The van der Waals surface area contributed by atoms with Crippen molar-refractivity contribution in [1.82, 2.24) is 15.1 Å². The van der Waals surface area contributed by atoms with Gasteiger partial charge in [0, 0.05) is 40.4 Å². The second kappa shape index (κ2) is 7.11. The molecule has 0 aliphatic rings. The Balaban J connectivity index is 1.99. The van der Waals surface area contributed by atoms with Gasteiger partial charge in [0.1, 0.15) is 0 Å². The molecule has 0 saturated heterocycles.